The van der Waals surface area contributed by atoms with Crippen molar-refractivity contribution in [2.75, 3.05) is 6.54 Å². The van der Waals surface area contributed by atoms with Crippen LogP contribution in [0.5, 0.6) is 0 Å². The van der Waals surface area contributed by atoms with Crippen LogP contribution in [-0.4, -0.2) is 57.3 Å². The zero-order valence-corrected chi connectivity index (χ0v) is 13.7. The molecule has 0 aromatic heterocycles. The largest absolute Gasteiger partial charge is 0.480 e. The molecule has 1 unspecified atom stereocenters. The molecule has 0 heterocycles. The van der Waals surface area contributed by atoms with Gasteiger partial charge in [0, 0.05) is 0 Å². The van der Waals surface area contributed by atoms with Crippen LogP contribution in [0.15, 0.2) is 0 Å². The minimum Gasteiger partial charge on any atom is -0.480 e. The lowest BCUT2D eigenvalue weighted by molar-refractivity contribution is -0.144. The van der Waals surface area contributed by atoms with Crippen LogP contribution >= 0.6 is 0 Å². The highest BCUT2D eigenvalue weighted by Crippen LogP contribution is 2.10. The number of amides is 2. The molecular weight excluding hydrogens is 296 g/mol. The molecule has 0 rings (SSSR count). The number of hydrogen-bond acceptors (Lipinski definition) is 6. The van der Waals surface area contributed by atoms with Gasteiger partial charge in [0.1, 0.15) is 17.2 Å². The number of ether oxygens (including phenoxy) is 2. The van der Waals surface area contributed by atoms with Crippen LogP contribution in [-0.2, 0) is 14.3 Å². The van der Waals surface area contributed by atoms with Gasteiger partial charge in [-0.05, 0) is 41.5 Å². The Hall–Kier alpha value is -2.03. The smallest absolute Gasteiger partial charge is 0.434 e. The summed E-state index contributed by atoms with van der Waals surface area (Å²) in [5.74, 6) is -1.44. The average molecular weight is 320 g/mol. The number of rotatable bonds is 4. The molecule has 0 aliphatic heterocycles. The van der Waals surface area contributed by atoms with Crippen LogP contribution in [0.4, 0.5) is 9.59 Å². The van der Waals surface area contributed by atoms with E-state index in [0.717, 1.165) is 0 Å². The van der Waals surface area contributed by atoms with E-state index < -0.39 is 41.9 Å². The van der Waals surface area contributed by atoms with Crippen molar-refractivity contribution in [2.24, 2.45) is 0 Å². The summed E-state index contributed by atoms with van der Waals surface area (Å²) in [5, 5.41) is 20.7. The molecule has 0 aliphatic carbocycles. The highest BCUT2D eigenvalue weighted by atomic mass is 16.6. The summed E-state index contributed by atoms with van der Waals surface area (Å²) in [6, 6.07) is -1.55. The first-order valence-corrected chi connectivity index (χ1v) is 6.63. The Kier molecular flexibility index (Phi) is 6.63. The number of alkyl carbamates (subject to hydrolysis) is 1. The van der Waals surface area contributed by atoms with Crippen molar-refractivity contribution in [1.82, 2.24) is 10.4 Å². The number of carboxylic acid groups (broad SMARTS) is 1. The zero-order valence-electron chi connectivity index (χ0n) is 13.7. The van der Waals surface area contributed by atoms with Gasteiger partial charge in [0.15, 0.2) is 0 Å². The van der Waals surface area contributed by atoms with Crippen LogP contribution in [0.2, 0.25) is 0 Å². The molecule has 0 radical (unpaired) electrons. The molecule has 9 heteroatoms. The summed E-state index contributed by atoms with van der Waals surface area (Å²) < 4.78 is 9.78. The lowest BCUT2D eigenvalue weighted by Gasteiger charge is -2.26. The molecule has 1 atom stereocenters. The van der Waals surface area contributed by atoms with Crippen molar-refractivity contribution >= 4 is 18.2 Å². The van der Waals surface area contributed by atoms with Crippen molar-refractivity contribution in [3.63, 3.8) is 0 Å². The lowest BCUT2D eigenvalue weighted by atomic mass is 10.2. The van der Waals surface area contributed by atoms with Crippen LogP contribution in [0, 0.1) is 0 Å². The van der Waals surface area contributed by atoms with E-state index in [-0.39, 0.29) is 5.06 Å². The summed E-state index contributed by atoms with van der Waals surface area (Å²) in [4.78, 5) is 34.2. The molecule has 0 aliphatic rings. The van der Waals surface area contributed by atoms with Crippen molar-refractivity contribution in [2.45, 2.75) is 58.8 Å². The van der Waals surface area contributed by atoms with E-state index in [0.29, 0.717) is 0 Å². The highest BCUT2D eigenvalue weighted by molar-refractivity contribution is 5.81. The number of hydroxylamine groups is 2. The molecular formula is C13H24N2O7. The Morgan fingerprint density at radius 1 is 1.05 bits per heavy atom. The Labute approximate surface area is 129 Å². The normalized spacial score (nSPS) is 13.0. The van der Waals surface area contributed by atoms with Gasteiger partial charge in [0.05, 0.1) is 6.54 Å². The van der Waals surface area contributed by atoms with Crippen LogP contribution in [0.1, 0.15) is 41.5 Å². The van der Waals surface area contributed by atoms with Crippen LogP contribution in [0.25, 0.3) is 0 Å². The third-order valence-electron chi connectivity index (χ3n) is 1.95. The molecule has 0 bridgehead atoms. The van der Waals surface area contributed by atoms with Gasteiger partial charge in [-0.1, -0.05) is 0 Å². The first kappa shape index (κ1) is 20.0. The average Bonchev–Trinajstić information content (AvgIpc) is 2.22. The standard InChI is InChI=1S/C13H24N2O7/c1-12(2,3)21-10(18)14-8(9(16)17)7-15(20)11(19)22-13(4,5)6/h8,20H,7H2,1-6H3,(H,14,18)(H,16,17). The Morgan fingerprint density at radius 2 is 1.50 bits per heavy atom. The third kappa shape index (κ3) is 9.01. The first-order chi connectivity index (χ1) is 9.71. The molecule has 0 spiro atoms. The maximum Gasteiger partial charge on any atom is 0.434 e. The maximum atomic E-state index is 11.5. The second-order valence-electron chi connectivity index (χ2n) is 6.60. The van der Waals surface area contributed by atoms with E-state index in [4.69, 9.17) is 14.6 Å². The Balaban J connectivity index is 4.69. The van der Waals surface area contributed by atoms with Gasteiger partial charge in [0.2, 0.25) is 0 Å². The Morgan fingerprint density at radius 3 is 1.86 bits per heavy atom. The maximum absolute atomic E-state index is 11.5. The second kappa shape index (κ2) is 7.30. The summed E-state index contributed by atoms with van der Waals surface area (Å²) in [6.45, 7) is 8.92. The minimum absolute atomic E-state index is 0.0847. The van der Waals surface area contributed by atoms with Gasteiger partial charge >= 0.3 is 18.2 Å². The zero-order chi connectivity index (χ0) is 17.7. The molecule has 0 saturated heterocycles. The third-order valence-corrected chi connectivity index (χ3v) is 1.95. The molecule has 0 fully saturated rings. The fraction of sp³-hybridized carbons (Fsp3) is 0.769. The summed E-state index contributed by atoms with van der Waals surface area (Å²) >= 11 is 0. The minimum atomic E-state index is -1.55. The van der Waals surface area contributed by atoms with Gasteiger partial charge < -0.3 is 19.9 Å². The van der Waals surface area contributed by atoms with E-state index in [1.807, 2.05) is 0 Å². The molecule has 0 aromatic carbocycles. The fourth-order valence-corrected chi connectivity index (χ4v) is 1.20. The Bertz CT molecular complexity index is 423. The molecule has 9 nitrogen and oxygen atoms in total. The fourth-order valence-electron chi connectivity index (χ4n) is 1.20. The number of carboxylic acids is 1. The highest BCUT2D eigenvalue weighted by Gasteiger charge is 2.29. The van der Waals surface area contributed by atoms with Crippen molar-refractivity contribution in [1.29, 1.82) is 0 Å². The monoisotopic (exact) mass is 320 g/mol. The second-order valence-corrected chi connectivity index (χ2v) is 6.60. The van der Waals surface area contributed by atoms with Crippen LogP contribution in [0.3, 0.4) is 0 Å². The first-order valence-electron chi connectivity index (χ1n) is 6.63. The SMILES string of the molecule is CC(C)(C)OC(=O)NC(CN(O)C(=O)OC(C)(C)C)C(=O)O. The van der Waals surface area contributed by atoms with Crippen molar-refractivity contribution < 1.29 is 34.2 Å². The van der Waals surface area contributed by atoms with Crippen molar-refractivity contribution in [3.05, 3.63) is 0 Å². The number of hydrogen-bond donors (Lipinski definition) is 3. The lowest BCUT2D eigenvalue weighted by Crippen LogP contribution is -2.50. The van der Waals surface area contributed by atoms with E-state index >= 15 is 0 Å². The molecule has 128 valence electrons. The van der Waals surface area contributed by atoms with E-state index in [2.05, 4.69) is 5.32 Å². The van der Waals surface area contributed by atoms with Gasteiger partial charge in [-0.3, -0.25) is 5.21 Å². The predicted octanol–water partition coefficient (Wildman–Crippen LogP) is 1.59. The molecule has 0 aromatic rings. The number of aliphatic carboxylic acids is 1. The van der Waals surface area contributed by atoms with Crippen molar-refractivity contribution in [3.8, 4) is 0 Å². The van der Waals surface area contributed by atoms with Gasteiger partial charge in [-0.15, -0.1) is 0 Å². The van der Waals surface area contributed by atoms with Gasteiger partial charge in [-0.25, -0.2) is 14.4 Å². The van der Waals surface area contributed by atoms with E-state index in [1.165, 1.54) is 0 Å². The molecule has 0 saturated carbocycles. The molecule has 22 heavy (non-hydrogen) atoms. The molecule has 2 amide bonds. The molecule has 3 N–H and O–H groups in total. The number of nitrogens with one attached hydrogen (secondary N) is 1. The van der Waals surface area contributed by atoms with Crippen LogP contribution < -0.4 is 5.32 Å². The number of carbonyl (C=O) groups excluding carboxylic acids is 2. The summed E-state index contributed by atoms with van der Waals surface area (Å²) in [5.41, 5.74) is -1.66. The van der Waals surface area contributed by atoms with Gasteiger partial charge in [0.25, 0.3) is 0 Å². The van der Waals surface area contributed by atoms with E-state index in [1.54, 1.807) is 41.5 Å². The topological polar surface area (TPSA) is 125 Å². The van der Waals surface area contributed by atoms with Gasteiger partial charge in [-0.2, -0.15) is 5.06 Å². The van der Waals surface area contributed by atoms with E-state index in [9.17, 15) is 19.6 Å². The number of carbonyl (C=O) groups is 3. The predicted molar refractivity (Wildman–Crippen MR) is 75.5 cm³/mol. The number of nitrogens with zero attached hydrogens (tertiary/aromatic N) is 1. The summed E-state index contributed by atoms with van der Waals surface area (Å²) in [7, 11) is 0. The summed E-state index contributed by atoms with van der Waals surface area (Å²) in [6.07, 6.45) is -2.10. The quantitative estimate of drug-likeness (QED) is 0.530.